The highest BCUT2D eigenvalue weighted by Crippen LogP contribution is 2.21. The van der Waals surface area contributed by atoms with Crippen LogP contribution in [-0.2, 0) is 4.79 Å². The van der Waals surface area contributed by atoms with E-state index in [9.17, 15) is 4.79 Å². The molecule has 0 radical (unpaired) electrons. The molecule has 0 fully saturated rings. The summed E-state index contributed by atoms with van der Waals surface area (Å²) in [5, 5.41) is 2.93. The van der Waals surface area contributed by atoms with Crippen LogP contribution in [0.3, 0.4) is 0 Å². The monoisotopic (exact) mass is 289 g/mol. The summed E-state index contributed by atoms with van der Waals surface area (Å²) in [6.07, 6.45) is 1.61. The van der Waals surface area contributed by atoms with Crippen molar-refractivity contribution in [3.63, 3.8) is 0 Å². The van der Waals surface area contributed by atoms with Crippen LogP contribution in [0.5, 0.6) is 0 Å². The van der Waals surface area contributed by atoms with Gasteiger partial charge < -0.3 is 9.73 Å². The summed E-state index contributed by atoms with van der Waals surface area (Å²) in [4.78, 5) is 13.0. The minimum atomic E-state index is -0.0992. The molecule has 0 spiro atoms. The van der Waals surface area contributed by atoms with Crippen molar-refractivity contribution in [2.45, 2.75) is 31.7 Å². The van der Waals surface area contributed by atoms with Gasteiger partial charge in [-0.3, -0.25) is 4.79 Å². The molecule has 0 aliphatic heterocycles. The first kappa shape index (κ1) is 14.7. The average Bonchev–Trinajstić information content (AvgIpc) is 2.94. The molecule has 1 aromatic carbocycles. The van der Waals surface area contributed by atoms with Gasteiger partial charge in [0.2, 0.25) is 5.91 Å². The van der Waals surface area contributed by atoms with Gasteiger partial charge in [0.1, 0.15) is 5.76 Å². The Morgan fingerprint density at radius 2 is 2.10 bits per heavy atom. The Hall–Kier alpha value is -1.68. The number of amides is 1. The van der Waals surface area contributed by atoms with Crippen LogP contribution in [0.4, 0.5) is 0 Å². The Balaban J connectivity index is 1.84. The van der Waals surface area contributed by atoms with Gasteiger partial charge >= 0.3 is 0 Å². The van der Waals surface area contributed by atoms with Crippen molar-refractivity contribution in [3.8, 4) is 0 Å². The fraction of sp³-hybridized carbons (Fsp3) is 0.312. The minimum absolute atomic E-state index is 0.0112. The highest BCUT2D eigenvalue weighted by Gasteiger charge is 2.11. The molecule has 0 bridgehead atoms. The maximum Gasteiger partial charge on any atom is 0.230 e. The van der Waals surface area contributed by atoms with Crippen molar-refractivity contribution in [3.05, 3.63) is 53.5 Å². The zero-order valence-corrected chi connectivity index (χ0v) is 12.8. The van der Waals surface area contributed by atoms with E-state index in [1.807, 2.05) is 19.1 Å². The third-order valence-electron chi connectivity index (χ3n) is 3.20. The summed E-state index contributed by atoms with van der Waals surface area (Å²) in [7, 11) is 0. The molecule has 20 heavy (non-hydrogen) atoms. The number of aryl methyl sites for hydroxylation is 2. The lowest BCUT2D eigenvalue weighted by atomic mass is 10.1. The molecule has 0 aliphatic carbocycles. The van der Waals surface area contributed by atoms with Crippen LogP contribution in [0.1, 0.15) is 29.9 Å². The van der Waals surface area contributed by atoms with Gasteiger partial charge in [-0.15, -0.1) is 11.8 Å². The van der Waals surface area contributed by atoms with E-state index < -0.39 is 0 Å². The average molecular weight is 289 g/mol. The second-order valence-corrected chi connectivity index (χ2v) is 5.89. The fourth-order valence-electron chi connectivity index (χ4n) is 1.84. The summed E-state index contributed by atoms with van der Waals surface area (Å²) in [5.74, 6) is 1.19. The molecule has 0 aliphatic rings. The lowest BCUT2D eigenvalue weighted by Crippen LogP contribution is -2.27. The molecular formula is C16H19NO2S. The van der Waals surface area contributed by atoms with Gasteiger partial charge in [0.25, 0.3) is 0 Å². The fourth-order valence-corrected chi connectivity index (χ4v) is 2.65. The smallest absolute Gasteiger partial charge is 0.230 e. The van der Waals surface area contributed by atoms with Gasteiger partial charge in [0, 0.05) is 4.90 Å². The predicted octanol–water partition coefficient (Wildman–Crippen LogP) is 3.87. The SMILES string of the molecule is Cc1ccc(SCC(=O)N[C@H](C)c2ccco2)cc1C. The van der Waals surface area contributed by atoms with Crippen molar-refractivity contribution in [2.75, 3.05) is 5.75 Å². The van der Waals surface area contributed by atoms with E-state index in [-0.39, 0.29) is 11.9 Å². The first-order valence-electron chi connectivity index (χ1n) is 6.59. The van der Waals surface area contributed by atoms with Gasteiger partial charge in [-0.25, -0.2) is 0 Å². The van der Waals surface area contributed by atoms with Crippen molar-refractivity contribution < 1.29 is 9.21 Å². The molecule has 3 nitrogen and oxygen atoms in total. The number of benzene rings is 1. The predicted molar refractivity (Wildman–Crippen MR) is 81.9 cm³/mol. The molecular weight excluding hydrogens is 270 g/mol. The number of rotatable bonds is 5. The third kappa shape index (κ3) is 3.90. The Bertz CT molecular complexity index is 578. The van der Waals surface area contributed by atoms with Crippen molar-refractivity contribution in [2.24, 2.45) is 0 Å². The molecule has 1 atom stereocenters. The van der Waals surface area contributed by atoms with E-state index in [1.54, 1.807) is 18.0 Å². The Labute approximate surface area is 123 Å². The summed E-state index contributed by atoms with van der Waals surface area (Å²) >= 11 is 1.55. The second-order valence-electron chi connectivity index (χ2n) is 4.84. The number of furan rings is 1. The number of hydrogen-bond acceptors (Lipinski definition) is 3. The summed E-state index contributed by atoms with van der Waals surface area (Å²) < 4.78 is 5.27. The molecule has 4 heteroatoms. The van der Waals surface area contributed by atoms with Crippen LogP contribution in [0.15, 0.2) is 45.9 Å². The van der Waals surface area contributed by atoms with Gasteiger partial charge in [-0.05, 0) is 56.2 Å². The quantitative estimate of drug-likeness (QED) is 0.850. The Morgan fingerprint density at radius 1 is 1.30 bits per heavy atom. The molecule has 0 saturated carbocycles. The summed E-state index contributed by atoms with van der Waals surface area (Å²) in [6, 6.07) is 9.84. The van der Waals surface area contributed by atoms with Gasteiger partial charge in [0.15, 0.2) is 0 Å². The van der Waals surface area contributed by atoms with E-state index in [0.717, 1.165) is 10.7 Å². The molecule has 106 valence electrons. The maximum absolute atomic E-state index is 11.9. The summed E-state index contributed by atoms with van der Waals surface area (Å²) in [5.41, 5.74) is 2.52. The molecule has 1 amide bonds. The Morgan fingerprint density at radius 3 is 2.75 bits per heavy atom. The highest BCUT2D eigenvalue weighted by molar-refractivity contribution is 8.00. The summed E-state index contributed by atoms with van der Waals surface area (Å²) in [6.45, 7) is 6.08. The van der Waals surface area contributed by atoms with Gasteiger partial charge in [-0.2, -0.15) is 0 Å². The van der Waals surface area contributed by atoms with Crippen molar-refractivity contribution in [1.29, 1.82) is 0 Å². The first-order valence-corrected chi connectivity index (χ1v) is 7.57. The van der Waals surface area contributed by atoms with E-state index in [2.05, 4.69) is 37.4 Å². The number of thioether (sulfide) groups is 1. The van der Waals surface area contributed by atoms with Crippen LogP contribution >= 0.6 is 11.8 Å². The maximum atomic E-state index is 11.9. The standard InChI is InChI=1S/C16H19NO2S/c1-11-6-7-14(9-12(11)2)20-10-16(18)17-13(3)15-5-4-8-19-15/h4-9,13H,10H2,1-3H3,(H,17,18)/t13-/m1/s1. The van der Waals surface area contributed by atoms with Crippen LogP contribution in [0, 0.1) is 13.8 Å². The molecule has 1 heterocycles. The number of carbonyl (C=O) groups excluding carboxylic acids is 1. The lowest BCUT2D eigenvalue weighted by molar-refractivity contribution is -0.119. The van der Waals surface area contributed by atoms with Crippen molar-refractivity contribution in [1.82, 2.24) is 5.32 Å². The lowest BCUT2D eigenvalue weighted by Gasteiger charge is -2.11. The first-order chi connectivity index (χ1) is 9.56. The van der Waals surface area contributed by atoms with Crippen LogP contribution in [-0.4, -0.2) is 11.7 Å². The molecule has 1 N–H and O–H groups in total. The van der Waals surface area contributed by atoms with Crippen LogP contribution in [0.25, 0.3) is 0 Å². The normalized spacial score (nSPS) is 12.2. The molecule has 0 unspecified atom stereocenters. The van der Waals surface area contributed by atoms with Crippen LogP contribution in [0.2, 0.25) is 0 Å². The number of hydrogen-bond donors (Lipinski definition) is 1. The highest BCUT2D eigenvalue weighted by atomic mass is 32.2. The number of nitrogens with one attached hydrogen (secondary N) is 1. The molecule has 2 aromatic rings. The molecule has 1 aromatic heterocycles. The van der Waals surface area contributed by atoms with E-state index in [0.29, 0.717) is 5.75 Å². The largest absolute Gasteiger partial charge is 0.467 e. The Kier molecular flexibility index (Phi) is 4.90. The van der Waals surface area contributed by atoms with Gasteiger partial charge in [0.05, 0.1) is 18.1 Å². The molecule has 0 saturated heterocycles. The van der Waals surface area contributed by atoms with E-state index in [1.165, 1.54) is 11.1 Å². The van der Waals surface area contributed by atoms with Crippen molar-refractivity contribution >= 4 is 17.7 Å². The van der Waals surface area contributed by atoms with E-state index >= 15 is 0 Å². The zero-order chi connectivity index (χ0) is 14.5. The van der Waals surface area contributed by atoms with Gasteiger partial charge in [-0.1, -0.05) is 6.07 Å². The molecule has 2 rings (SSSR count). The minimum Gasteiger partial charge on any atom is -0.467 e. The van der Waals surface area contributed by atoms with Crippen LogP contribution < -0.4 is 5.32 Å². The third-order valence-corrected chi connectivity index (χ3v) is 4.19. The zero-order valence-electron chi connectivity index (χ0n) is 12.0. The topological polar surface area (TPSA) is 42.2 Å². The second kappa shape index (κ2) is 6.66. The van der Waals surface area contributed by atoms with E-state index in [4.69, 9.17) is 4.42 Å². The number of carbonyl (C=O) groups is 1.